The van der Waals surface area contributed by atoms with E-state index in [2.05, 4.69) is 10.6 Å². The van der Waals surface area contributed by atoms with E-state index in [-0.39, 0.29) is 31.3 Å². The van der Waals surface area contributed by atoms with Gasteiger partial charge in [0.15, 0.2) is 0 Å². The number of carbonyl (C=O) groups excluding carboxylic acids is 2. The molecular formula is C12H21ClF3N3O2. The number of piperidine rings is 1. The smallest absolute Gasteiger partial charge is 0.354 e. The third-order valence-corrected chi connectivity index (χ3v) is 3.22. The fourth-order valence-electron chi connectivity index (χ4n) is 2.10. The third kappa shape index (κ3) is 6.09. The maximum absolute atomic E-state index is 12.5. The lowest BCUT2D eigenvalue weighted by molar-refractivity contribution is -0.171. The molecule has 3 N–H and O–H groups in total. The number of hydrogen-bond acceptors (Lipinski definition) is 3. The summed E-state index contributed by atoms with van der Waals surface area (Å²) in [5.74, 6) is -2.41. The van der Waals surface area contributed by atoms with Crippen LogP contribution < -0.4 is 16.0 Å². The van der Waals surface area contributed by atoms with Crippen LogP contribution in [0.25, 0.3) is 0 Å². The Morgan fingerprint density at radius 2 is 2.05 bits per heavy atom. The Morgan fingerprint density at radius 3 is 2.52 bits per heavy atom. The predicted octanol–water partition coefficient (Wildman–Crippen LogP) is 0.979. The third-order valence-electron chi connectivity index (χ3n) is 3.22. The number of alkyl halides is 3. The van der Waals surface area contributed by atoms with Gasteiger partial charge in [-0.25, -0.2) is 0 Å². The maximum Gasteiger partial charge on any atom is 0.408 e. The normalized spacial score (nSPS) is 23.8. The van der Waals surface area contributed by atoms with Crippen molar-refractivity contribution in [3.63, 3.8) is 0 Å². The minimum absolute atomic E-state index is 0. The van der Waals surface area contributed by atoms with Crippen LogP contribution in [0.3, 0.4) is 0 Å². The van der Waals surface area contributed by atoms with Gasteiger partial charge in [-0.3, -0.25) is 9.59 Å². The molecule has 1 saturated heterocycles. The highest BCUT2D eigenvalue weighted by atomic mass is 35.5. The summed E-state index contributed by atoms with van der Waals surface area (Å²) in [5, 5.41) is 7.52. The molecule has 1 heterocycles. The first-order valence-corrected chi connectivity index (χ1v) is 6.63. The van der Waals surface area contributed by atoms with Crippen LogP contribution in [-0.4, -0.2) is 43.2 Å². The highest BCUT2D eigenvalue weighted by Crippen LogP contribution is 2.28. The van der Waals surface area contributed by atoms with Gasteiger partial charge in [0.25, 0.3) is 0 Å². The molecule has 0 spiro atoms. The van der Waals surface area contributed by atoms with E-state index >= 15 is 0 Å². The second kappa shape index (κ2) is 8.43. The summed E-state index contributed by atoms with van der Waals surface area (Å²) in [4.78, 5) is 23.4. The Morgan fingerprint density at radius 1 is 1.43 bits per heavy atom. The summed E-state index contributed by atoms with van der Waals surface area (Å²) in [6, 6.07) is -1.81. The van der Waals surface area contributed by atoms with Crippen molar-refractivity contribution in [3.05, 3.63) is 0 Å². The molecule has 124 valence electrons. The maximum atomic E-state index is 12.5. The van der Waals surface area contributed by atoms with E-state index in [9.17, 15) is 22.8 Å². The number of amides is 2. The number of likely N-dealkylation sites (N-methyl/N-ethyl adjacent to an activating group) is 1. The predicted molar refractivity (Wildman–Crippen MR) is 74.1 cm³/mol. The van der Waals surface area contributed by atoms with E-state index in [1.165, 1.54) is 0 Å². The summed E-state index contributed by atoms with van der Waals surface area (Å²) < 4.78 is 37.4. The van der Waals surface area contributed by atoms with Gasteiger partial charge in [0.05, 0.1) is 0 Å². The largest absolute Gasteiger partial charge is 0.408 e. The molecule has 21 heavy (non-hydrogen) atoms. The molecule has 0 aromatic heterocycles. The number of halogens is 4. The van der Waals surface area contributed by atoms with Crippen molar-refractivity contribution in [3.8, 4) is 0 Å². The van der Waals surface area contributed by atoms with Crippen LogP contribution in [0.1, 0.15) is 26.7 Å². The number of rotatable bonds is 5. The molecule has 0 aromatic rings. The van der Waals surface area contributed by atoms with Gasteiger partial charge in [-0.1, -0.05) is 6.92 Å². The Kier molecular flexibility index (Phi) is 8.02. The zero-order valence-electron chi connectivity index (χ0n) is 11.9. The minimum Gasteiger partial charge on any atom is -0.354 e. The van der Waals surface area contributed by atoms with Crippen LogP contribution in [0.2, 0.25) is 0 Å². The van der Waals surface area contributed by atoms with E-state index in [0.717, 1.165) is 6.54 Å². The molecule has 1 fully saturated rings. The summed E-state index contributed by atoms with van der Waals surface area (Å²) in [6.45, 7) is 4.86. The summed E-state index contributed by atoms with van der Waals surface area (Å²) in [7, 11) is 0. The lowest BCUT2D eigenvalue weighted by Crippen LogP contribution is -2.55. The highest BCUT2D eigenvalue weighted by Gasteiger charge is 2.45. The van der Waals surface area contributed by atoms with Gasteiger partial charge >= 0.3 is 6.18 Å². The van der Waals surface area contributed by atoms with Crippen LogP contribution in [-0.2, 0) is 9.59 Å². The molecule has 3 atom stereocenters. The zero-order chi connectivity index (χ0) is 15.3. The summed E-state index contributed by atoms with van der Waals surface area (Å²) >= 11 is 0. The lowest BCUT2D eigenvalue weighted by Gasteiger charge is -2.30. The van der Waals surface area contributed by atoms with Crippen molar-refractivity contribution in [1.82, 2.24) is 16.0 Å². The van der Waals surface area contributed by atoms with E-state index in [1.807, 2.05) is 19.2 Å². The highest BCUT2D eigenvalue weighted by molar-refractivity contribution is 6.00. The molecule has 0 bridgehead atoms. The molecule has 1 aliphatic heterocycles. The van der Waals surface area contributed by atoms with Crippen molar-refractivity contribution in [1.29, 1.82) is 0 Å². The van der Waals surface area contributed by atoms with Gasteiger partial charge in [0.2, 0.25) is 11.8 Å². The number of carbonyl (C=O) groups is 2. The standard InChI is InChI=1S/C12H20F3N3O2.ClH/c1-3-16-7(2)6-17-10(19)8-4-5-9(12(13,14)15)18-11(8)20;/h7-9,16H,3-6H2,1-2H3,(H,17,19)(H,18,20);1H/t7-,8?,9?;/m1./s1. The zero-order valence-corrected chi connectivity index (χ0v) is 12.7. The topological polar surface area (TPSA) is 70.2 Å². The van der Waals surface area contributed by atoms with Gasteiger partial charge in [-0.2, -0.15) is 13.2 Å². The van der Waals surface area contributed by atoms with Crippen LogP contribution in [0.5, 0.6) is 0 Å². The quantitative estimate of drug-likeness (QED) is 0.658. The van der Waals surface area contributed by atoms with Crippen molar-refractivity contribution >= 4 is 24.2 Å². The number of nitrogens with one attached hydrogen (secondary N) is 3. The van der Waals surface area contributed by atoms with Gasteiger partial charge in [0, 0.05) is 12.6 Å². The van der Waals surface area contributed by atoms with E-state index in [1.54, 1.807) is 0 Å². The van der Waals surface area contributed by atoms with E-state index in [4.69, 9.17) is 0 Å². The van der Waals surface area contributed by atoms with E-state index < -0.39 is 30.0 Å². The van der Waals surface area contributed by atoms with Crippen LogP contribution >= 0.6 is 12.4 Å². The first-order chi connectivity index (χ1) is 9.25. The van der Waals surface area contributed by atoms with Crippen LogP contribution in [0, 0.1) is 5.92 Å². The monoisotopic (exact) mass is 331 g/mol. The van der Waals surface area contributed by atoms with Gasteiger partial charge in [-0.05, 0) is 26.3 Å². The van der Waals surface area contributed by atoms with Crippen molar-refractivity contribution < 1.29 is 22.8 Å². The molecule has 1 rings (SSSR count). The number of hydrogen-bond donors (Lipinski definition) is 3. The average molecular weight is 332 g/mol. The average Bonchev–Trinajstić information content (AvgIpc) is 2.35. The Bertz CT molecular complexity index is 366. The van der Waals surface area contributed by atoms with Crippen molar-refractivity contribution in [2.75, 3.05) is 13.1 Å². The Balaban J connectivity index is 0.00000400. The molecule has 0 saturated carbocycles. The molecular weight excluding hydrogens is 311 g/mol. The van der Waals surface area contributed by atoms with Gasteiger partial charge in [-0.15, -0.1) is 12.4 Å². The molecule has 2 unspecified atom stereocenters. The second-order valence-electron chi connectivity index (χ2n) is 4.94. The molecule has 2 amide bonds. The fraction of sp³-hybridized carbons (Fsp3) is 0.833. The van der Waals surface area contributed by atoms with Gasteiger partial charge < -0.3 is 16.0 Å². The Labute approximate surface area is 127 Å². The fourth-order valence-corrected chi connectivity index (χ4v) is 2.10. The molecule has 0 radical (unpaired) electrons. The first kappa shape index (κ1) is 20.0. The van der Waals surface area contributed by atoms with Crippen molar-refractivity contribution in [2.45, 2.75) is 44.9 Å². The summed E-state index contributed by atoms with van der Waals surface area (Å²) in [6.07, 6.45) is -4.82. The molecule has 0 aromatic carbocycles. The Hall–Kier alpha value is -1.02. The first-order valence-electron chi connectivity index (χ1n) is 6.63. The lowest BCUT2D eigenvalue weighted by atomic mass is 9.93. The second-order valence-corrected chi connectivity index (χ2v) is 4.94. The molecule has 1 aliphatic rings. The molecule has 5 nitrogen and oxygen atoms in total. The van der Waals surface area contributed by atoms with E-state index in [0.29, 0.717) is 6.54 Å². The van der Waals surface area contributed by atoms with Crippen LogP contribution in [0.15, 0.2) is 0 Å². The minimum atomic E-state index is -4.46. The summed E-state index contributed by atoms with van der Waals surface area (Å²) in [5.41, 5.74) is 0. The van der Waals surface area contributed by atoms with Gasteiger partial charge in [0.1, 0.15) is 12.0 Å². The van der Waals surface area contributed by atoms with Crippen molar-refractivity contribution in [2.24, 2.45) is 5.92 Å². The molecule has 0 aliphatic carbocycles. The SMILES string of the molecule is CCN[C@H](C)CNC(=O)C1CCC(C(F)(F)F)NC1=O.Cl. The molecule has 9 heteroatoms. The van der Waals surface area contributed by atoms with Crippen LogP contribution in [0.4, 0.5) is 13.2 Å².